The SMILES string of the molecule is O=C1CSC2=C(N1)C(=O)CC=C2. The van der Waals surface area contributed by atoms with Crippen molar-refractivity contribution < 1.29 is 9.59 Å². The van der Waals surface area contributed by atoms with Gasteiger partial charge in [-0.2, -0.15) is 0 Å². The number of allylic oxidation sites excluding steroid dienone is 3. The predicted molar refractivity (Wildman–Crippen MR) is 46.4 cm³/mol. The molecule has 0 atom stereocenters. The lowest BCUT2D eigenvalue weighted by molar-refractivity contribution is -0.121. The summed E-state index contributed by atoms with van der Waals surface area (Å²) in [7, 11) is 0. The number of Topliss-reactive ketones (excluding diaryl/α,β-unsaturated/α-hetero) is 1. The van der Waals surface area contributed by atoms with Gasteiger partial charge in [0.05, 0.1) is 11.4 Å². The van der Waals surface area contributed by atoms with Gasteiger partial charge in [0.2, 0.25) is 5.91 Å². The zero-order valence-corrected chi connectivity index (χ0v) is 7.11. The van der Waals surface area contributed by atoms with Crippen molar-refractivity contribution in [1.82, 2.24) is 5.32 Å². The lowest BCUT2D eigenvalue weighted by Gasteiger charge is -2.19. The Morgan fingerprint density at radius 1 is 1.42 bits per heavy atom. The fraction of sp³-hybridized carbons (Fsp3) is 0.250. The number of thioether (sulfide) groups is 1. The number of nitrogens with one attached hydrogen (secondary N) is 1. The molecule has 2 rings (SSSR count). The Morgan fingerprint density at radius 3 is 3.08 bits per heavy atom. The smallest absolute Gasteiger partial charge is 0.234 e. The molecule has 0 fully saturated rings. The molecule has 1 N–H and O–H groups in total. The number of carbonyl (C=O) groups is 2. The second-order valence-corrected chi connectivity index (χ2v) is 3.62. The number of amides is 1. The Kier molecular flexibility index (Phi) is 1.77. The first kappa shape index (κ1) is 7.61. The van der Waals surface area contributed by atoms with E-state index < -0.39 is 0 Å². The maximum atomic E-state index is 11.2. The van der Waals surface area contributed by atoms with Crippen LogP contribution < -0.4 is 5.32 Å². The standard InChI is InChI=1S/C8H7NO2S/c10-5-2-1-3-6-8(5)9-7(11)4-12-6/h1,3H,2,4H2,(H,9,11). The van der Waals surface area contributed by atoms with E-state index in [1.165, 1.54) is 11.8 Å². The lowest BCUT2D eigenvalue weighted by Crippen LogP contribution is -2.33. The summed E-state index contributed by atoms with van der Waals surface area (Å²) in [6, 6.07) is 0. The highest BCUT2D eigenvalue weighted by Crippen LogP contribution is 2.27. The number of rotatable bonds is 0. The molecule has 3 nitrogen and oxygen atoms in total. The van der Waals surface area contributed by atoms with Crippen LogP contribution in [0, 0.1) is 0 Å². The molecular weight excluding hydrogens is 174 g/mol. The summed E-state index contributed by atoms with van der Waals surface area (Å²) in [6.45, 7) is 0. The van der Waals surface area contributed by atoms with Crippen molar-refractivity contribution in [2.75, 3.05) is 5.75 Å². The topological polar surface area (TPSA) is 46.2 Å². The minimum absolute atomic E-state index is 0.00745. The molecule has 0 saturated carbocycles. The predicted octanol–water partition coefficient (Wildman–Crippen LogP) is 0.590. The minimum atomic E-state index is -0.0811. The van der Waals surface area contributed by atoms with E-state index in [1.807, 2.05) is 12.2 Å². The Bertz CT molecular complexity index is 317. The minimum Gasteiger partial charge on any atom is -0.321 e. The molecule has 0 radical (unpaired) electrons. The molecule has 0 bridgehead atoms. The third-order valence-corrected chi connectivity index (χ3v) is 2.78. The summed E-state index contributed by atoms with van der Waals surface area (Å²) in [5.74, 6) is 0.339. The largest absolute Gasteiger partial charge is 0.321 e. The van der Waals surface area contributed by atoms with Crippen LogP contribution >= 0.6 is 11.8 Å². The Hall–Kier alpha value is -1.03. The average molecular weight is 181 g/mol. The third-order valence-electron chi connectivity index (χ3n) is 1.72. The zero-order chi connectivity index (χ0) is 8.55. The molecule has 1 aliphatic carbocycles. The molecule has 0 aromatic carbocycles. The van der Waals surface area contributed by atoms with E-state index in [2.05, 4.69) is 5.32 Å². The Balaban J connectivity index is 2.37. The lowest BCUT2D eigenvalue weighted by atomic mass is 10.1. The molecule has 4 heteroatoms. The maximum Gasteiger partial charge on any atom is 0.234 e. The average Bonchev–Trinajstić information content (AvgIpc) is 2.07. The van der Waals surface area contributed by atoms with E-state index in [4.69, 9.17) is 0 Å². The van der Waals surface area contributed by atoms with Crippen LogP contribution in [0.2, 0.25) is 0 Å². The van der Waals surface area contributed by atoms with Crippen molar-refractivity contribution in [2.45, 2.75) is 6.42 Å². The van der Waals surface area contributed by atoms with Crippen molar-refractivity contribution >= 4 is 23.5 Å². The highest BCUT2D eigenvalue weighted by molar-refractivity contribution is 8.04. The number of ketones is 1. The van der Waals surface area contributed by atoms with E-state index in [0.29, 0.717) is 17.9 Å². The van der Waals surface area contributed by atoms with Gasteiger partial charge in [-0.1, -0.05) is 6.08 Å². The summed E-state index contributed by atoms with van der Waals surface area (Å²) in [5, 5.41) is 2.59. The summed E-state index contributed by atoms with van der Waals surface area (Å²) in [4.78, 5) is 23.1. The number of hydrogen-bond donors (Lipinski definition) is 1. The van der Waals surface area contributed by atoms with Crippen LogP contribution in [0.5, 0.6) is 0 Å². The first-order chi connectivity index (χ1) is 5.77. The highest BCUT2D eigenvalue weighted by Gasteiger charge is 2.23. The van der Waals surface area contributed by atoms with Crippen LogP contribution in [-0.4, -0.2) is 17.4 Å². The molecular formula is C8H7NO2S. The second kappa shape index (κ2) is 2.79. The van der Waals surface area contributed by atoms with Crippen LogP contribution in [0.1, 0.15) is 6.42 Å². The second-order valence-electron chi connectivity index (χ2n) is 2.61. The van der Waals surface area contributed by atoms with E-state index >= 15 is 0 Å². The first-order valence-electron chi connectivity index (χ1n) is 3.64. The monoisotopic (exact) mass is 181 g/mol. The van der Waals surface area contributed by atoms with E-state index in [0.717, 1.165) is 4.91 Å². The van der Waals surface area contributed by atoms with Crippen molar-refractivity contribution in [3.8, 4) is 0 Å². The van der Waals surface area contributed by atoms with Crippen molar-refractivity contribution in [1.29, 1.82) is 0 Å². The number of carbonyl (C=O) groups excluding carboxylic acids is 2. The molecule has 0 unspecified atom stereocenters. The van der Waals surface area contributed by atoms with E-state index in [-0.39, 0.29) is 11.7 Å². The summed E-state index contributed by atoms with van der Waals surface area (Å²) < 4.78 is 0. The Labute approximate surface area is 73.9 Å². The molecule has 2 aliphatic rings. The fourth-order valence-corrected chi connectivity index (χ4v) is 2.03. The summed E-state index contributed by atoms with van der Waals surface area (Å²) >= 11 is 1.42. The van der Waals surface area contributed by atoms with Gasteiger partial charge in [0.15, 0.2) is 5.78 Å². The molecule has 1 heterocycles. The molecule has 0 saturated heterocycles. The molecule has 0 aromatic heterocycles. The quantitative estimate of drug-likeness (QED) is 0.595. The van der Waals surface area contributed by atoms with Gasteiger partial charge in [-0.3, -0.25) is 9.59 Å². The fourth-order valence-electron chi connectivity index (χ4n) is 1.17. The third kappa shape index (κ3) is 1.18. The van der Waals surface area contributed by atoms with Gasteiger partial charge in [-0.05, 0) is 6.08 Å². The van der Waals surface area contributed by atoms with Crippen molar-refractivity contribution in [3.05, 3.63) is 22.8 Å². The molecule has 12 heavy (non-hydrogen) atoms. The highest BCUT2D eigenvalue weighted by atomic mass is 32.2. The maximum absolute atomic E-state index is 11.2. The van der Waals surface area contributed by atoms with Gasteiger partial charge in [-0.15, -0.1) is 11.8 Å². The van der Waals surface area contributed by atoms with Crippen LogP contribution in [-0.2, 0) is 9.59 Å². The zero-order valence-electron chi connectivity index (χ0n) is 6.29. The Morgan fingerprint density at radius 2 is 2.25 bits per heavy atom. The normalized spacial score (nSPS) is 22.3. The van der Waals surface area contributed by atoms with Gasteiger partial charge in [0, 0.05) is 11.3 Å². The van der Waals surface area contributed by atoms with Crippen LogP contribution in [0.3, 0.4) is 0 Å². The van der Waals surface area contributed by atoms with Crippen LogP contribution in [0.15, 0.2) is 22.8 Å². The molecule has 1 aliphatic heterocycles. The van der Waals surface area contributed by atoms with Gasteiger partial charge in [0.1, 0.15) is 0 Å². The molecule has 62 valence electrons. The van der Waals surface area contributed by atoms with Gasteiger partial charge < -0.3 is 5.32 Å². The van der Waals surface area contributed by atoms with Crippen LogP contribution in [0.25, 0.3) is 0 Å². The van der Waals surface area contributed by atoms with Gasteiger partial charge in [0.25, 0.3) is 0 Å². The van der Waals surface area contributed by atoms with E-state index in [1.54, 1.807) is 0 Å². The van der Waals surface area contributed by atoms with Gasteiger partial charge >= 0.3 is 0 Å². The van der Waals surface area contributed by atoms with Crippen LogP contribution in [0.4, 0.5) is 0 Å². The number of hydrogen-bond acceptors (Lipinski definition) is 3. The summed E-state index contributed by atoms with van der Waals surface area (Å²) in [5.41, 5.74) is 0.485. The van der Waals surface area contributed by atoms with E-state index in [9.17, 15) is 9.59 Å². The van der Waals surface area contributed by atoms with Crippen molar-refractivity contribution in [2.24, 2.45) is 0 Å². The molecule has 0 aromatic rings. The van der Waals surface area contributed by atoms with Gasteiger partial charge in [-0.25, -0.2) is 0 Å². The summed E-state index contributed by atoms with van der Waals surface area (Å²) in [6.07, 6.45) is 4.12. The first-order valence-corrected chi connectivity index (χ1v) is 4.62. The molecule has 1 amide bonds. The molecule has 0 spiro atoms. The van der Waals surface area contributed by atoms with Crippen molar-refractivity contribution in [3.63, 3.8) is 0 Å².